The first-order valence-corrected chi connectivity index (χ1v) is 9.15. The van der Waals surface area contributed by atoms with Gasteiger partial charge in [-0.3, -0.25) is 4.90 Å². The van der Waals surface area contributed by atoms with Gasteiger partial charge in [0.25, 0.3) is 0 Å². The Bertz CT molecular complexity index is 709. The molecule has 0 bridgehead atoms. The fraction of sp³-hybridized carbons (Fsp3) is 0.409. The van der Waals surface area contributed by atoms with Gasteiger partial charge in [-0.15, -0.1) is 0 Å². The minimum absolute atomic E-state index is 0.0615. The highest BCUT2D eigenvalue weighted by Crippen LogP contribution is 2.32. The number of rotatable bonds is 6. The molecule has 26 heavy (non-hydrogen) atoms. The predicted octanol–water partition coefficient (Wildman–Crippen LogP) is 4.78. The molecule has 0 unspecified atom stereocenters. The van der Waals surface area contributed by atoms with Gasteiger partial charge in [0.2, 0.25) is 0 Å². The first kappa shape index (κ1) is 18.5. The van der Waals surface area contributed by atoms with Crippen molar-refractivity contribution in [2.24, 2.45) is 0 Å². The van der Waals surface area contributed by atoms with Crippen LogP contribution in [0.25, 0.3) is 0 Å². The van der Waals surface area contributed by atoms with E-state index in [1.165, 1.54) is 5.56 Å². The van der Waals surface area contributed by atoms with Gasteiger partial charge in [0.1, 0.15) is 11.7 Å². The standard InChI is InChI=1S/C22H27NO3/c1-22(2,3)26-21(24)23(16-18-12-8-5-9-13-18)20-19(25-20)15-14-17-10-6-4-7-11-17/h4-13,19-20H,14-16H2,1-3H3/t19-,20-/m0/s1. The fourth-order valence-electron chi connectivity index (χ4n) is 2.93. The Morgan fingerprint density at radius 2 is 1.58 bits per heavy atom. The third-order valence-corrected chi connectivity index (χ3v) is 4.25. The second-order valence-corrected chi connectivity index (χ2v) is 7.68. The molecule has 4 heteroatoms. The second-order valence-electron chi connectivity index (χ2n) is 7.68. The van der Waals surface area contributed by atoms with Crippen molar-refractivity contribution in [3.63, 3.8) is 0 Å². The molecule has 0 radical (unpaired) electrons. The minimum Gasteiger partial charge on any atom is -0.444 e. The fourth-order valence-corrected chi connectivity index (χ4v) is 2.93. The van der Waals surface area contributed by atoms with Crippen LogP contribution >= 0.6 is 0 Å². The second kappa shape index (κ2) is 7.92. The average molecular weight is 353 g/mol. The van der Waals surface area contributed by atoms with E-state index >= 15 is 0 Å². The van der Waals surface area contributed by atoms with Crippen molar-refractivity contribution >= 4 is 6.09 Å². The molecule has 2 aromatic rings. The Morgan fingerprint density at radius 3 is 2.15 bits per heavy atom. The predicted molar refractivity (Wildman–Crippen MR) is 102 cm³/mol. The quantitative estimate of drug-likeness (QED) is 0.702. The zero-order valence-electron chi connectivity index (χ0n) is 15.7. The lowest BCUT2D eigenvalue weighted by Crippen LogP contribution is -2.39. The van der Waals surface area contributed by atoms with Gasteiger partial charge in [0, 0.05) is 0 Å². The number of carbonyl (C=O) groups is 1. The Morgan fingerprint density at radius 1 is 1.00 bits per heavy atom. The molecule has 0 aromatic heterocycles. The van der Waals surface area contributed by atoms with Crippen LogP contribution in [0.15, 0.2) is 60.7 Å². The Labute approximate surface area is 155 Å². The molecule has 1 amide bonds. The molecule has 0 aliphatic carbocycles. The zero-order valence-corrected chi connectivity index (χ0v) is 15.7. The van der Waals surface area contributed by atoms with Crippen LogP contribution in [-0.2, 0) is 22.4 Å². The smallest absolute Gasteiger partial charge is 0.412 e. The summed E-state index contributed by atoms with van der Waals surface area (Å²) in [7, 11) is 0. The van der Waals surface area contributed by atoms with Crippen molar-refractivity contribution in [2.75, 3.05) is 0 Å². The molecule has 1 aliphatic rings. The van der Waals surface area contributed by atoms with Gasteiger partial charge in [-0.1, -0.05) is 60.7 Å². The molecule has 2 atom stereocenters. The van der Waals surface area contributed by atoms with Crippen LogP contribution < -0.4 is 0 Å². The van der Waals surface area contributed by atoms with E-state index in [-0.39, 0.29) is 18.4 Å². The van der Waals surface area contributed by atoms with Gasteiger partial charge in [-0.2, -0.15) is 0 Å². The molecule has 1 heterocycles. The van der Waals surface area contributed by atoms with Crippen molar-refractivity contribution in [3.8, 4) is 0 Å². The van der Waals surface area contributed by atoms with Crippen molar-refractivity contribution in [3.05, 3.63) is 71.8 Å². The maximum atomic E-state index is 12.7. The third-order valence-electron chi connectivity index (χ3n) is 4.25. The summed E-state index contributed by atoms with van der Waals surface area (Å²) >= 11 is 0. The van der Waals surface area contributed by atoms with Gasteiger partial charge in [0.05, 0.1) is 6.54 Å². The number of amides is 1. The van der Waals surface area contributed by atoms with E-state index in [0.717, 1.165) is 18.4 Å². The molecule has 1 aliphatic heterocycles. The largest absolute Gasteiger partial charge is 0.444 e. The summed E-state index contributed by atoms with van der Waals surface area (Å²) in [5, 5.41) is 0. The summed E-state index contributed by atoms with van der Waals surface area (Å²) in [5.41, 5.74) is 1.82. The van der Waals surface area contributed by atoms with E-state index in [1.54, 1.807) is 4.90 Å². The van der Waals surface area contributed by atoms with Crippen molar-refractivity contribution in [1.82, 2.24) is 4.90 Å². The number of nitrogens with zero attached hydrogens (tertiary/aromatic N) is 1. The highest BCUT2D eigenvalue weighted by molar-refractivity contribution is 5.69. The summed E-state index contributed by atoms with van der Waals surface area (Å²) in [6, 6.07) is 20.3. The molecule has 1 fully saturated rings. The van der Waals surface area contributed by atoms with Crippen molar-refractivity contribution in [1.29, 1.82) is 0 Å². The number of hydrogen-bond donors (Lipinski definition) is 0. The topological polar surface area (TPSA) is 42.1 Å². The number of carbonyl (C=O) groups excluding carboxylic acids is 1. The van der Waals surface area contributed by atoms with Gasteiger partial charge >= 0.3 is 6.09 Å². The van der Waals surface area contributed by atoms with Crippen LogP contribution in [0.1, 0.15) is 38.3 Å². The van der Waals surface area contributed by atoms with E-state index in [4.69, 9.17) is 9.47 Å². The Balaban J connectivity index is 1.63. The number of hydrogen-bond acceptors (Lipinski definition) is 3. The minimum atomic E-state index is -0.527. The maximum absolute atomic E-state index is 12.7. The lowest BCUT2D eigenvalue weighted by atomic mass is 10.1. The molecule has 0 saturated carbocycles. The summed E-state index contributed by atoms with van der Waals surface area (Å²) in [6.07, 6.45) is 1.35. The SMILES string of the molecule is CC(C)(C)OC(=O)N(Cc1ccccc1)[C@H]1O[C@H]1CCc1ccccc1. The normalized spacial score (nSPS) is 19.0. The Hall–Kier alpha value is -2.33. The number of epoxide rings is 1. The highest BCUT2D eigenvalue weighted by Gasteiger charge is 2.46. The van der Waals surface area contributed by atoms with Gasteiger partial charge in [-0.25, -0.2) is 4.79 Å². The van der Waals surface area contributed by atoms with Crippen molar-refractivity contribution in [2.45, 2.75) is 58.1 Å². The Kier molecular flexibility index (Phi) is 5.62. The van der Waals surface area contributed by atoms with Crippen molar-refractivity contribution < 1.29 is 14.3 Å². The molecular weight excluding hydrogens is 326 g/mol. The van der Waals surface area contributed by atoms with Crippen LogP contribution in [0.4, 0.5) is 4.79 Å². The van der Waals surface area contributed by atoms with Gasteiger partial charge in [-0.05, 0) is 44.7 Å². The van der Waals surface area contributed by atoms with Crippen LogP contribution in [0, 0.1) is 0 Å². The van der Waals surface area contributed by atoms with E-state index in [9.17, 15) is 4.79 Å². The molecular formula is C22H27NO3. The molecule has 4 nitrogen and oxygen atoms in total. The van der Waals surface area contributed by atoms with Gasteiger partial charge in [0.15, 0.2) is 6.23 Å². The van der Waals surface area contributed by atoms with E-state index in [0.29, 0.717) is 6.54 Å². The summed E-state index contributed by atoms with van der Waals surface area (Å²) in [4.78, 5) is 14.4. The average Bonchev–Trinajstić information content (AvgIpc) is 3.37. The molecule has 0 N–H and O–H groups in total. The zero-order chi connectivity index (χ0) is 18.6. The highest BCUT2D eigenvalue weighted by atomic mass is 16.6. The van der Waals surface area contributed by atoms with Crippen LogP contribution in [0.2, 0.25) is 0 Å². The van der Waals surface area contributed by atoms with E-state index in [1.807, 2.05) is 69.3 Å². The lowest BCUT2D eigenvalue weighted by molar-refractivity contribution is 0.0137. The maximum Gasteiger partial charge on any atom is 0.412 e. The molecule has 1 saturated heterocycles. The number of ether oxygens (including phenoxy) is 2. The lowest BCUT2D eigenvalue weighted by Gasteiger charge is -2.26. The molecule has 138 valence electrons. The molecule has 2 aromatic carbocycles. The van der Waals surface area contributed by atoms with E-state index in [2.05, 4.69) is 12.1 Å². The summed E-state index contributed by atoms with van der Waals surface area (Å²) < 4.78 is 11.4. The van der Waals surface area contributed by atoms with Crippen LogP contribution in [0.5, 0.6) is 0 Å². The number of benzene rings is 2. The number of aryl methyl sites for hydroxylation is 1. The first-order valence-electron chi connectivity index (χ1n) is 9.15. The molecule has 3 rings (SSSR count). The third kappa shape index (κ3) is 5.33. The summed E-state index contributed by atoms with van der Waals surface area (Å²) in [5.74, 6) is 0. The summed E-state index contributed by atoms with van der Waals surface area (Å²) in [6.45, 7) is 6.13. The first-order chi connectivity index (χ1) is 12.4. The van der Waals surface area contributed by atoms with Gasteiger partial charge < -0.3 is 9.47 Å². The van der Waals surface area contributed by atoms with E-state index < -0.39 is 5.60 Å². The monoisotopic (exact) mass is 353 g/mol. The van der Waals surface area contributed by atoms with Crippen LogP contribution in [0.3, 0.4) is 0 Å². The van der Waals surface area contributed by atoms with Crippen LogP contribution in [-0.4, -0.2) is 28.9 Å². The molecule has 0 spiro atoms.